The number of para-hydroxylation sites is 1. The highest BCUT2D eigenvalue weighted by atomic mass is 35.5. The van der Waals surface area contributed by atoms with Crippen LogP contribution in [0.15, 0.2) is 85.2 Å². The van der Waals surface area contributed by atoms with Crippen molar-refractivity contribution >= 4 is 17.5 Å². The van der Waals surface area contributed by atoms with E-state index in [4.69, 9.17) is 16.3 Å². The Balaban J connectivity index is 1.44. The molecule has 0 fully saturated rings. The predicted molar refractivity (Wildman–Crippen MR) is 118 cm³/mol. The number of amides is 1. The van der Waals surface area contributed by atoms with Crippen LogP contribution in [0.5, 0.6) is 5.75 Å². The summed E-state index contributed by atoms with van der Waals surface area (Å²) in [5, 5.41) is 8.05. The molecule has 0 aliphatic carbocycles. The Morgan fingerprint density at radius 2 is 1.73 bits per heavy atom. The number of aromatic nitrogens is 2. The number of methoxy groups -OCH3 is 1. The highest BCUT2D eigenvalue weighted by Gasteiger charge is 2.09. The maximum Gasteiger partial charge on any atom is 0.251 e. The van der Waals surface area contributed by atoms with Crippen LogP contribution >= 0.6 is 11.6 Å². The molecule has 30 heavy (non-hydrogen) atoms. The molecular weight excluding hydrogens is 398 g/mol. The quantitative estimate of drug-likeness (QED) is 0.473. The number of carbonyl (C=O) groups is 1. The van der Waals surface area contributed by atoms with E-state index >= 15 is 0 Å². The Bertz CT molecular complexity index is 1150. The van der Waals surface area contributed by atoms with Gasteiger partial charge in [-0.25, -0.2) is 4.68 Å². The van der Waals surface area contributed by atoms with Gasteiger partial charge in [-0.05, 0) is 48.0 Å². The Hall–Kier alpha value is -3.57. The molecule has 0 atom stereocenters. The second-order valence-corrected chi connectivity index (χ2v) is 7.16. The molecule has 3 aromatic carbocycles. The summed E-state index contributed by atoms with van der Waals surface area (Å²) in [6.07, 6.45) is 3.75. The van der Waals surface area contributed by atoms with Gasteiger partial charge in [0.05, 0.1) is 19.0 Å². The summed E-state index contributed by atoms with van der Waals surface area (Å²) in [6.45, 7) is 0.397. The lowest BCUT2D eigenvalue weighted by atomic mass is 10.1. The van der Waals surface area contributed by atoms with Gasteiger partial charge in [-0.3, -0.25) is 4.79 Å². The first kappa shape index (κ1) is 19.7. The Kier molecular flexibility index (Phi) is 5.82. The van der Waals surface area contributed by atoms with Gasteiger partial charge in [0.1, 0.15) is 5.75 Å². The fraction of sp³-hybridized carbons (Fsp3) is 0.0833. The van der Waals surface area contributed by atoms with E-state index in [2.05, 4.69) is 10.4 Å². The molecular formula is C24H20ClN3O2. The molecule has 150 valence electrons. The molecule has 0 unspecified atom stereocenters. The second-order valence-electron chi connectivity index (χ2n) is 6.72. The van der Waals surface area contributed by atoms with Crippen LogP contribution in [-0.4, -0.2) is 22.8 Å². The third-order valence-corrected chi connectivity index (χ3v) is 5.04. The van der Waals surface area contributed by atoms with Crippen LogP contribution in [0.3, 0.4) is 0 Å². The van der Waals surface area contributed by atoms with E-state index in [0.717, 1.165) is 28.1 Å². The minimum atomic E-state index is -0.144. The minimum Gasteiger partial charge on any atom is -0.496 e. The Morgan fingerprint density at radius 1 is 1.00 bits per heavy atom. The first-order valence-corrected chi connectivity index (χ1v) is 9.83. The van der Waals surface area contributed by atoms with Gasteiger partial charge in [-0.1, -0.05) is 41.9 Å². The van der Waals surface area contributed by atoms with Gasteiger partial charge in [-0.15, -0.1) is 0 Å². The summed E-state index contributed by atoms with van der Waals surface area (Å²) in [5.41, 5.74) is 4.41. The molecule has 0 bridgehead atoms. The molecule has 0 radical (unpaired) electrons. The number of ether oxygens (including phenoxy) is 1. The topological polar surface area (TPSA) is 56.1 Å². The zero-order valence-corrected chi connectivity index (χ0v) is 17.1. The van der Waals surface area contributed by atoms with Crippen LogP contribution in [0.4, 0.5) is 0 Å². The maximum absolute atomic E-state index is 12.5. The number of rotatable bonds is 6. The standard InChI is InChI=1S/C24H20ClN3O2/c1-30-23-5-3-2-4-19(23)14-26-24(29)18-8-12-22(13-9-18)28-16-20(15-27-28)17-6-10-21(25)11-7-17/h2-13,15-16H,14H2,1H3,(H,26,29). The number of hydrogen-bond donors (Lipinski definition) is 1. The number of nitrogens with zero attached hydrogens (tertiary/aromatic N) is 2. The lowest BCUT2D eigenvalue weighted by molar-refractivity contribution is 0.0950. The molecule has 0 saturated carbocycles. The molecule has 1 aromatic heterocycles. The van der Waals surface area contributed by atoms with Crippen LogP contribution in [0.25, 0.3) is 16.8 Å². The van der Waals surface area contributed by atoms with E-state index in [0.29, 0.717) is 17.1 Å². The average molecular weight is 418 g/mol. The van der Waals surface area contributed by atoms with Crippen molar-refractivity contribution in [3.05, 3.63) is 101 Å². The van der Waals surface area contributed by atoms with Crippen molar-refractivity contribution in [1.29, 1.82) is 0 Å². The largest absolute Gasteiger partial charge is 0.496 e. The first-order valence-electron chi connectivity index (χ1n) is 9.45. The Morgan fingerprint density at radius 3 is 2.47 bits per heavy atom. The van der Waals surface area contributed by atoms with E-state index in [9.17, 15) is 4.79 Å². The number of benzene rings is 3. The van der Waals surface area contributed by atoms with Crippen LogP contribution in [0, 0.1) is 0 Å². The zero-order chi connectivity index (χ0) is 20.9. The van der Waals surface area contributed by atoms with Crippen molar-refractivity contribution in [2.24, 2.45) is 0 Å². The van der Waals surface area contributed by atoms with E-state index in [1.165, 1.54) is 0 Å². The van der Waals surface area contributed by atoms with Gasteiger partial charge in [0, 0.05) is 34.5 Å². The summed E-state index contributed by atoms with van der Waals surface area (Å²) < 4.78 is 7.10. The molecule has 1 heterocycles. The van der Waals surface area contributed by atoms with Crippen LogP contribution in [0.1, 0.15) is 15.9 Å². The number of nitrogens with one attached hydrogen (secondary N) is 1. The zero-order valence-electron chi connectivity index (χ0n) is 16.4. The van der Waals surface area contributed by atoms with E-state index < -0.39 is 0 Å². The van der Waals surface area contributed by atoms with Gasteiger partial charge in [-0.2, -0.15) is 5.10 Å². The third kappa shape index (κ3) is 4.36. The van der Waals surface area contributed by atoms with Gasteiger partial charge in [0.15, 0.2) is 0 Å². The van der Waals surface area contributed by atoms with E-state index in [-0.39, 0.29) is 5.91 Å². The molecule has 0 aliphatic rings. The summed E-state index contributed by atoms with van der Waals surface area (Å²) in [5.74, 6) is 0.609. The fourth-order valence-electron chi connectivity index (χ4n) is 3.15. The molecule has 1 N–H and O–H groups in total. The summed E-state index contributed by atoms with van der Waals surface area (Å²) in [7, 11) is 1.62. The normalized spacial score (nSPS) is 10.6. The highest BCUT2D eigenvalue weighted by molar-refractivity contribution is 6.30. The van der Waals surface area contributed by atoms with Gasteiger partial charge >= 0.3 is 0 Å². The van der Waals surface area contributed by atoms with Gasteiger partial charge in [0.2, 0.25) is 0 Å². The second kappa shape index (κ2) is 8.84. The first-order chi connectivity index (χ1) is 14.6. The maximum atomic E-state index is 12.5. The van der Waals surface area contributed by atoms with E-state index in [1.54, 1.807) is 30.1 Å². The smallest absolute Gasteiger partial charge is 0.251 e. The molecule has 4 aromatic rings. The van der Waals surface area contributed by atoms with Crippen LogP contribution < -0.4 is 10.1 Å². The van der Waals surface area contributed by atoms with Gasteiger partial charge in [0.25, 0.3) is 5.91 Å². The SMILES string of the molecule is COc1ccccc1CNC(=O)c1ccc(-n2cc(-c3ccc(Cl)cc3)cn2)cc1. The summed E-state index contributed by atoms with van der Waals surface area (Å²) >= 11 is 5.95. The fourth-order valence-corrected chi connectivity index (χ4v) is 3.27. The molecule has 1 amide bonds. The number of carbonyl (C=O) groups excluding carboxylic acids is 1. The molecule has 0 saturated heterocycles. The van der Waals surface area contributed by atoms with E-state index in [1.807, 2.05) is 66.9 Å². The monoisotopic (exact) mass is 417 g/mol. The molecule has 4 rings (SSSR count). The van der Waals surface area contributed by atoms with Crippen LogP contribution in [0.2, 0.25) is 5.02 Å². The summed E-state index contributed by atoms with van der Waals surface area (Å²) in [6, 6.07) is 22.6. The lowest BCUT2D eigenvalue weighted by Gasteiger charge is -2.10. The lowest BCUT2D eigenvalue weighted by Crippen LogP contribution is -2.23. The summed E-state index contributed by atoms with van der Waals surface area (Å²) in [4.78, 5) is 12.5. The molecule has 5 nitrogen and oxygen atoms in total. The number of halogens is 1. The van der Waals surface area contributed by atoms with Crippen molar-refractivity contribution in [3.8, 4) is 22.6 Å². The molecule has 0 aliphatic heterocycles. The van der Waals surface area contributed by atoms with Gasteiger partial charge < -0.3 is 10.1 Å². The van der Waals surface area contributed by atoms with Crippen molar-refractivity contribution < 1.29 is 9.53 Å². The average Bonchev–Trinajstić information content (AvgIpc) is 3.28. The minimum absolute atomic E-state index is 0.144. The van der Waals surface area contributed by atoms with Crippen molar-refractivity contribution in [2.45, 2.75) is 6.54 Å². The predicted octanol–water partition coefficient (Wildman–Crippen LogP) is 5.13. The molecule has 0 spiro atoms. The Labute approximate surface area is 179 Å². The highest BCUT2D eigenvalue weighted by Crippen LogP contribution is 2.22. The number of hydrogen-bond acceptors (Lipinski definition) is 3. The van der Waals surface area contributed by atoms with Crippen molar-refractivity contribution in [2.75, 3.05) is 7.11 Å². The van der Waals surface area contributed by atoms with Crippen molar-refractivity contribution in [3.63, 3.8) is 0 Å². The third-order valence-electron chi connectivity index (χ3n) is 4.79. The van der Waals surface area contributed by atoms with Crippen molar-refractivity contribution in [1.82, 2.24) is 15.1 Å². The van der Waals surface area contributed by atoms with Crippen LogP contribution in [-0.2, 0) is 6.54 Å². The molecule has 6 heteroatoms.